The van der Waals surface area contributed by atoms with Crippen molar-refractivity contribution in [3.8, 4) is 0 Å². The first kappa shape index (κ1) is 14.3. The van der Waals surface area contributed by atoms with Crippen LogP contribution in [0.1, 0.15) is 25.7 Å². The quantitative estimate of drug-likeness (QED) is 0.800. The van der Waals surface area contributed by atoms with Crippen LogP contribution in [0, 0.1) is 11.3 Å². The van der Waals surface area contributed by atoms with Gasteiger partial charge >= 0.3 is 0 Å². The van der Waals surface area contributed by atoms with E-state index in [4.69, 9.17) is 15.2 Å². The Balaban J connectivity index is 1.79. The van der Waals surface area contributed by atoms with Crippen LogP contribution in [-0.4, -0.2) is 58.0 Å². The summed E-state index contributed by atoms with van der Waals surface area (Å²) in [5, 5.41) is 0. The molecule has 2 heterocycles. The van der Waals surface area contributed by atoms with Crippen LogP contribution >= 0.6 is 0 Å². The van der Waals surface area contributed by atoms with Gasteiger partial charge in [-0.15, -0.1) is 0 Å². The molecule has 0 amide bonds. The fourth-order valence-corrected chi connectivity index (χ4v) is 3.25. The van der Waals surface area contributed by atoms with Gasteiger partial charge in [-0.25, -0.2) is 0 Å². The first-order valence-electron chi connectivity index (χ1n) is 7.27. The Hall–Kier alpha value is -0.160. The predicted octanol–water partition coefficient (Wildman–Crippen LogP) is 1.10. The molecule has 0 saturated carbocycles. The van der Waals surface area contributed by atoms with Gasteiger partial charge in [0, 0.05) is 33.5 Å². The summed E-state index contributed by atoms with van der Waals surface area (Å²) < 4.78 is 10.7. The van der Waals surface area contributed by atoms with Crippen molar-refractivity contribution in [3.05, 3.63) is 0 Å². The SMILES string of the molecule is COCC1CCN(CC2(CN)CCOCC2)CC1. The maximum atomic E-state index is 6.03. The number of methoxy groups -OCH3 is 1. The van der Waals surface area contributed by atoms with E-state index in [9.17, 15) is 0 Å². The van der Waals surface area contributed by atoms with Crippen molar-refractivity contribution >= 4 is 0 Å². The second-order valence-corrected chi connectivity index (χ2v) is 5.99. The first-order valence-corrected chi connectivity index (χ1v) is 7.27. The monoisotopic (exact) mass is 256 g/mol. The van der Waals surface area contributed by atoms with Crippen molar-refractivity contribution in [1.82, 2.24) is 4.90 Å². The average Bonchev–Trinajstić information content (AvgIpc) is 2.42. The highest BCUT2D eigenvalue weighted by atomic mass is 16.5. The second-order valence-electron chi connectivity index (χ2n) is 5.99. The van der Waals surface area contributed by atoms with E-state index in [0.29, 0.717) is 5.41 Å². The average molecular weight is 256 g/mol. The summed E-state index contributed by atoms with van der Waals surface area (Å²) in [6, 6.07) is 0. The van der Waals surface area contributed by atoms with E-state index in [0.717, 1.165) is 51.7 Å². The molecule has 0 atom stereocenters. The normalized spacial score (nSPS) is 26.3. The number of hydrogen-bond donors (Lipinski definition) is 1. The Morgan fingerprint density at radius 2 is 1.94 bits per heavy atom. The molecule has 0 aliphatic carbocycles. The van der Waals surface area contributed by atoms with Crippen LogP contribution in [0.2, 0.25) is 0 Å². The maximum absolute atomic E-state index is 6.03. The van der Waals surface area contributed by atoms with Crippen LogP contribution in [0.4, 0.5) is 0 Å². The minimum atomic E-state index is 0.312. The van der Waals surface area contributed by atoms with Crippen molar-refractivity contribution in [2.24, 2.45) is 17.1 Å². The summed E-state index contributed by atoms with van der Waals surface area (Å²) in [5.41, 5.74) is 6.34. The zero-order valence-electron chi connectivity index (χ0n) is 11.7. The molecule has 2 N–H and O–H groups in total. The smallest absolute Gasteiger partial charge is 0.0491 e. The van der Waals surface area contributed by atoms with Gasteiger partial charge in [-0.1, -0.05) is 0 Å². The Morgan fingerprint density at radius 1 is 1.28 bits per heavy atom. The molecule has 0 spiro atoms. The van der Waals surface area contributed by atoms with Crippen LogP contribution in [0.3, 0.4) is 0 Å². The number of nitrogens with two attached hydrogens (primary N) is 1. The molecule has 4 nitrogen and oxygen atoms in total. The third-order valence-corrected chi connectivity index (χ3v) is 4.66. The van der Waals surface area contributed by atoms with E-state index in [1.807, 2.05) is 0 Å². The molecular weight excluding hydrogens is 228 g/mol. The van der Waals surface area contributed by atoms with Gasteiger partial charge < -0.3 is 20.1 Å². The molecule has 0 unspecified atom stereocenters. The number of rotatable bonds is 5. The molecule has 0 bridgehead atoms. The van der Waals surface area contributed by atoms with Crippen LogP contribution in [-0.2, 0) is 9.47 Å². The van der Waals surface area contributed by atoms with E-state index in [-0.39, 0.29) is 0 Å². The van der Waals surface area contributed by atoms with Crippen molar-refractivity contribution < 1.29 is 9.47 Å². The van der Waals surface area contributed by atoms with E-state index >= 15 is 0 Å². The molecular formula is C14H28N2O2. The van der Waals surface area contributed by atoms with Gasteiger partial charge in [0.2, 0.25) is 0 Å². The van der Waals surface area contributed by atoms with E-state index in [1.54, 1.807) is 7.11 Å². The van der Waals surface area contributed by atoms with Gasteiger partial charge in [0.15, 0.2) is 0 Å². The highest BCUT2D eigenvalue weighted by molar-refractivity contribution is 4.87. The first-order chi connectivity index (χ1) is 8.78. The summed E-state index contributed by atoms with van der Waals surface area (Å²) in [6.07, 6.45) is 4.79. The maximum Gasteiger partial charge on any atom is 0.0491 e. The Morgan fingerprint density at radius 3 is 2.50 bits per heavy atom. The molecule has 2 aliphatic heterocycles. The molecule has 0 radical (unpaired) electrons. The number of piperidine rings is 1. The molecule has 4 heteroatoms. The summed E-state index contributed by atoms with van der Waals surface area (Å²) in [7, 11) is 1.80. The topological polar surface area (TPSA) is 47.7 Å². The van der Waals surface area contributed by atoms with Crippen LogP contribution in [0.15, 0.2) is 0 Å². The number of nitrogens with zero attached hydrogens (tertiary/aromatic N) is 1. The van der Waals surface area contributed by atoms with Gasteiger partial charge in [0.1, 0.15) is 0 Å². The van der Waals surface area contributed by atoms with Gasteiger partial charge in [-0.05, 0) is 56.7 Å². The second kappa shape index (κ2) is 6.85. The fourth-order valence-electron chi connectivity index (χ4n) is 3.25. The van der Waals surface area contributed by atoms with E-state index < -0.39 is 0 Å². The lowest BCUT2D eigenvalue weighted by Gasteiger charge is -2.42. The molecule has 18 heavy (non-hydrogen) atoms. The summed E-state index contributed by atoms with van der Waals surface area (Å²) >= 11 is 0. The zero-order chi connectivity index (χ0) is 12.8. The highest BCUT2D eigenvalue weighted by Crippen LogP contribution is 2.31. The molecule has 0 aromatic carbocycles. The Kier molecular flexibility index (Phi) is 5.42. The lowest BCUT2D eigenvalue weighted by Crippen LogP contribution is -2.48. The van der Waals surface area contributed by atoms with Crippen molar-refractivity contribution in [3.63, 3.8) is 0 Å². The number of hydrogen-bond acceptors (Lipinski definition) is 4. The summed E-state index contributed by atoms with van der Waals surface area (Å²) in [5.74, 6) is 0.759. The van der Waals surface area contributed by atoms with Crippen molar-refractivity contribution in [2.75, 3.05) is 53.1 Å². The standard InChI is InChI=1S/C14H28N2O2/c1-17-10-13-2-6-16(7-3-13)12-14(11-15)4-8-18-9-5-14/h13H,2-12,15H2,1H3. The van der Waals surface area contributed by atoms with E-state index in [1.165, 1.54) is 25.9 Å². The fraction of sp³-hybridized carbons (Fsp3) is 1.00. The summed E-state index contributed by atoms with van der Waals surface area (Å²) in [6.45, 7) is 7.06. The van der Waals surface area contributed by atoms with Crippen LogP contribution in [0.25, 0.3) is 0 Å². The molecule has 2 aliphatic rings. The van der Waals surface area contributed by atoms with E-state index in [2.05, 4.69) is 4.90 Å². The highest BCUT2D eigenvalue weighted by Gasteiger charge is 2.34. The van der Waals surface area contributed by atoms with Crippen LogP contribution in [0.5, 0.6) is 0 Å². The molecule has 106 valence electrons. The lowest BCUT2D eigenvalue weighted by atomic mass is 9.79. The number of likely N-dealkylation sites (tertiary alicyclic amines) is 1. The largest absolute Gasteiger partial charge is 0.384 e. The zero-order valence-corrected chi connectivity index (χ0v) is 11.7. The Labute approximate surface area is 111 Å². The summed E-state index contributed by atoms with van der Waals surface area (Å²) in [4.78, 5) is 2.60. The van der Waals surface area contributed by atoms with Gasteiger partial charge in [-0.2, -0.15) is 0 Å². The van der Waals surface area contributed by atoms with Crippen molar-refractivity contribution in [1.29, 1.82) is 0 Å². The van der Waals surface area contributed by atoms with Gasteiger partial charge in [0.05, 0.1) is 0 Å². The minimum Gasteiger partial charge on any atom is -0.384 e. The molecule has 2 fully saturated rings. The molecule has 2 saturated heterocycles. The third-order valence-electron chi connectivity index (χ3n) is 4.66. The predicted molar refractivity (Wildman–Crippen MR) is 72.6 cm³/mol. The molecule has 0 aromatic heterocycles. The number of ether oxygens (including phenoxy) is 2. The van der Waals surface area contributed by atoms with Gasteiger partial charge in [-0.3, -0.25) is 0 Å². The third kappa shape index (κ3) is 3.67. The molecule has 2 rings (SSSR count). The minimum absolute atomic E-state index is 0.312. The van der Waals surface area contributed by atoms with Crippen LogP contribution < -0.4 is 5.73 Å². The van der Waals surface area contributed by atoms with Gasteiger partial charge in [0.25, 0.3) is 0 Å². The van der Waals surface area contributed by atoms with Crippen molar-refractivity contribution in [2.45, 2.75) is 25.7 Å². The Bertz CT molecular complexity index is 234. The lowest BCUT2D eigenvalue weighted by molar-refractivity contribution is -0.00810. The molecule has 0 aromatic rings.